The summed E-state index contributed by atoms with van der Waals surface area (Å²) < 4.78 is 14.0. The maximum absolute atomic E-state index is 14.0. The Morgan fingerprint density at radius 1 is 1.05 bits per heavy atom. The van der Waals surface area contributed by atoms with Crippen molar-refractivity contribution in [3.63, 3.8) is 0 Å². The second kappa shape index (κ2) is 5.76. The minimum absolute atomic E-state index is 0.143. The molecule has 0 aliphatic rings. The number of nitrogens with two attached hydrogens (primary N) is 1. The van der Waals surface area contributed by atoms with Crippen molar-refractivity contribution in [2.45, 2.75) is 36.6 Å². The molecule has 2 N–H and O–H groups in total. The Kier molecular flexibility index (Phi) is 4.27. The quantitative estimate of drug-likeness (QED) is 0.885. The van der Waals surface area contributed by atoms with Crippen molar-refractivity contribution in [1.82, 2.24) is 0 Å². The van der Waals surface area contributed by atoms with Crippen LogP contribution in [0.5, 0.6) is 0 Å². The summed E-state index contributed by atoms with van der Waals surface area (Å²) in [6, 6.07) is 11.2. The molecule has 2 aromatic rings. The van der Waals surface area contributed by atoms with E-state index in [1.165, 1.54) is 29.0 Å². The molecule has 0 radical (unpaired) electrons. The van der Waals surface area contributed by atoms with E-state index in [1.54, 1.807) is 6.07 Å². The van der Waals surface area contributed by atoms with Crippen LogP contribution in [0.1, 0.15) is 29.7 Å². The zero-order chi connectivity index (χ0) is 14.0. The van der Waals surface area contributed by atoms with Crippen LogP contribution in [0.3, 0.4) is 0 Å². The largest absolute Gasteiger partial charge is 0.324 e. The third-order valence-corrected chi connectivity index (χ3v) is 4.23. The zero-order valence-corrected chi connectivity index (χ0v) is 12.2. The topological polar surface area (TPSA) is 26.0 Å². The first kappa shape index (κ1) is 14.1. The predicted molar refractivity (Wildman–Crippen MR) is 79.0 cm³/mol. The summed E-state index contributed by atoms with van der Waals surface area (Å²) in [6.45, 7) is 5.99. The normalized spacial score (nSPS) is 12.5. The first-order chi connectivity index (χ1) is 8.97. The van der Waals surface area contributed by atoms with Gasteiger partial charge < -0.3 is 5.73 Å². The Morgan fingerprint density at radius 3 is 2.37 bits per heavy atom. The van der Waals surface area contributed by atoms with Crippen molar-refractivity contribution >= 4 is 11.8 Å². The highest BCUT2D eigenvalue weighted by molar-refractivity contribution is 7.99. The molecule has 0 aliphatic carbocycles. The van der Waals surface area contributed by atoms with Gasteiger partial charge in [-0.05, 0) is 61.7 Å². The molecule has 0 spiro atoms. The van der Waals surface area contributed by atoms with Crippen molar-refractivity contribution in [2.24, 2.45) is 5.73 Å². The third-order valence-electron chi connectivity index (χ3n) is 3.19. The average Bonchev–Trinajstić information content (AvgIpc) is 2.36. The molecule has 19 heavy (non-hydrogen) atoms. The van der Waals surface area contributed by atoms with Gasteiger partial charge in [-0.3, -0.25) is 0 Å². The molecule has 0 saturated heterocycles. The molecule has 2 rings (SSSR count). The van der Waals surface area contributed by atoms with Crippen LogP contribution in [-0.2, 0) is 0 Å². The summed E-state index contributed by atoms with van der Waals surface area (Å²) in [4.78, 5) is 1.68. The average molecular weight is 275 g/mol. The summed E-state index contributed by atoms with van der Waals surface area (Å²) >= 11 is 1.44. The molecule has 1 unspecified atom stereocenters. The molecular weight excluding hydrogens is 257 g/mol. The van der Waals surface area contributed by atoms with E-state index in [1.807, 2.05) is 19.1 Å². The smallest absolute Gasteiger partial charge is 0.137 e. The first-order valence-corrected chi connectivity index (χ1v) is 7.09. The summed E-state index contributed by atoms with van der Waals surface area (Å²) in [7, 11) is 0. The molecule has 1 atom stereocenters. The lowest BCUT2D eigenvalue weighted by atomic mass is 10.1. The fraction of sp³-hybridized carbons (Fsp3) is 0.250. The molecular formula is C16H18FNS. The van der Waals surface area contributed by atoms with Crippen molar-refractivity contribution in [3.8, 4) is 0 Å². The number of benzene rings is 2. The van der Waals surface area contributed by atoms with E-state index in [4.69, 9.17) is 5.73 Å². The van der Waals surface area contributed by atoms with Gasteiger partial charge in [-0.2, -0.15) is 0 Å². The number of hydrogen-bond donors (Lipinski definition) is 1. The van der Waals surface area contributed by atoms with Crippen molar-refractivity contribution < 1.29 is 4.39 Å². The molecule has 0 aliphatic heterocycles. The lowest BCUT2D eigenvalue weighted by Crippen LogP contribution is -2.05. The van der Waals surface area contributed by atoms with Crippen LogP contribution in [0.2, 0.25) is 0 Å². The number of aryl methyl sites for hydroxylation is 2. The van der Waals surface area contributed by atoms with Gasteiger partial charge in [0.25, 0.3) is 0 Å². The highest BCUT2D eigenvalue weighted by Gasteiger charge is 2.08. The lowest BCUT2D eigenvalue weighted by molar-refractivity contribution is 0.596. The van der Waals surface area contributed by atoms with Crippen LogP contribution in [0.15, 0.2) is 46.2 Å². The zero-order valence-electron chi connectivity index (χ0n) is 11.4. The van der Waals surface area contributed by atoms with Gasteiger partial charge in [-0.1, -0.05) is 23.9 Å². The second-order valence-corrected chi connectivity index (χ2v) is 5.94. The van der Waals surface area contributed by atoms with E-state index < -0.39 is 0 Å². The van der Waals surface area contributed by atoms with Crippen LogP contribution in [0.4, 0.5) is 4.39 Å². The van der Waals surface area contributed by atoms with E-state index in [0.29, 0.717) is 4.90 Å². The molecule has 0 aromatic heterocycles. The van der Waals surface area contributed by atoms with Gasteiger partial charge in [-0.25, -0.2) is 4.39 Å². The van der Waals surface area contributed by atoms with Gasteiger partial charge in [0, 0.05) is 15.8 Å². The van der Waals surface area contributed by atoms with E-state index in [2.05, 4.69) is 26.0 Å². The first-order valence-electron chi connectivity index (χ1n) is 6.27. The summed E-state index contributed by atoms with van der Waals surface area (Å²) in [6.07, 6.45) is 0. The molecule has 0 amide bonds. The monoisotopic (exact) mass is 275 g/mol. The third kappa shape index (κ3) is 3.37. The van der Waals surface area contributed by atoms with E-state index in [9.17, 15) is 4.39 Å². The summed E-state index contributed by atoms with van der Waals surface area (Å²) in [5, 5.41) is 0. The molecule has 0 fully saturated rings. The van der Waals surface area contributed by atoms with Crippen LogP contribution in [0.25, 0.3) is 0 Å². The fourth-order valence-electron chi connectivity index (χ4n) is 1.79. The summed E-state index contributed by atoms with van der Waals surface area (Å²) in [5.74, 6) is -0.210. The molecule has 0 bridgehead atoms. The highest BCUT2D eigenvalue weighted by atomic mass is 32.2. The number of halogens is 1. The molecule has 100 valence electrons. The maximum Gasteiger partial charge on any atom is 0.137 e. The van der Waals surface area contributed by atoms with E-state index in [-0.39, 0.29) is 11.9 Å². The van der Waals surface area contributed by atoms with Crippen LogP contribution < -0.4 is 5.73 Å². The van der Waals surface area contributed by atoms with Crippen molar-refractivity contribution in [2.75, 3.05) is 0 Å². The molecule has 1 nitrogen and oxygen atoms in total. The van der Waals surface area contributed by atoms with Gasteiger partial charge in [0.15, 0.2) is 0 Å². The van der Waals surface area contributed by atoms with Crippen LogP contribution in [0, 0.1) is 19.7 Å². The standard InChI is InChI=1S/C16H18FNS/c1-10-4-6-14(8-11(10)2)19-16-7-5-13(12(3)18)9-15(16)17/h4-9,12H,18H2,1-3H3. The molecule has 3 heteroatoms. The molecule has 0 saturated carbocycles. The molecule has 2 aromatic carbocycles. The predicted octanol–water partition coefficient (Wildman–Crippen LogP) is 4.61. The van der Waals surface area contributed by atoms with Crippen molar-refractivity contribution in [3.05, 3.63) is 58.9 Å². The Hall–Kier alpha value is -1.32. The van der Waals surface area contributed by atoms with Gasteiger partial charge in [0.1, 0.15) is 5.82 Å². The summed E-state index contributed by atoms with van der Waals surface area (Å²) in [5.41, 5.74) is 9.04. The van der Waals surface area contributed by atoms with E-state index >= 15 is 0 Å². The minimum atomic E-state index is -0.210. The van der Waals surface area contributed by atoms with Crippen LogP contribution in [-0.4, -0.2) is 0 Å². The van der Waals surface area contributed by atoms with Gasteiger partial charge in [-0.15, -0.1) is 0 Å². The fourth-order valence-corrected chi connectivity index (χ4v) is 2.71. The van der Waals surface area contributed by atoms with Gasteiger partial charge in [0.2, 0.25) is 0 Å². The maximum atomic E-state index is 14.0. The molecule has 0 heterocycles. The van der Waals surface area contributed by atoms with E-state index in [0.717, 1.165) is 10.5 Å². The Labute approximate surface area is 118 Å². The van der Waals surface area contributed by atoms with Gasteiger partial charge >= 0.3 is 0 Å². The Morgan fingerprint density at radius 2 is 1.79 bits per heavy atom. The van der Waals surface area contributed by atoms with Crippen LogP contribution >= 0.6 is 11.8 Å². The lowest BCUT2D eigenvalue weighted by Gasteiger charge is -2.09. The van der Waals surface area contributed by atoms with Crippen molar-refractivity contribution in [1.29, 1.82) is 0 Å². The number of rotatable bonds is 3. The Balaban J connectivity index is 2.25. The van der Waals surface area contributed by atoms with Gasteiger partial charge in [0.05, 0.1) is 0 Å². The minimum Gasteiger partial charge on any atom is -0.324 e. The SMILES string of the molecule is Cc1ccc(Sc2ccc(C(C)N)cc2F)cc1C. The number of hydrogen-bond acceptors (Lipinski definition) is 2. The highest BCUT2D eigenvalue weighted by Crippen LogP contribution is 2.31. The second-order valence-electron chi connectivity index (χ2n) is 4.83. The Bertz CT molecular complexity index is 593.